The third-order valence-corrected chi connectivity index (χ3v) is 4.31. The Bertz CT molecular complexity index is 1020. The molecule has 0 radical (unpaired) electrons. The molecular weight excluding hydrogens is 382 g/mol. The lowest BCUT2D eigenvalue weighted by molar-refractivity contribution is -0.120. The van der Waals surface area contributed by atoms with E-state index in [0.717, 1.165) is 5.56 Å². The monoisotopic (exact) mass is 399 g/mol. The Balaban J connectivity index is 1.89. The molecule has 2 heterocycles. The summed E-state index contributed by atoms with van der Waals surface area (Å²) in [6, 6.07) is 8.63. The summed E-state index contributed by atoms with van der Waals surface area (Å²) in [7, 11) is 2.69. The number of rotatable bonds is 6. The number of halogens is 1. The van der Waals surface area contributed by atoms with Gasteiger partial charge in [0.05, 0.1) is 26.2 Å². The predicted molar refractivity (Wildman–Crippen MR) is 104 cm³/mol. The van der Waals surface area contributed by atoms with Crippen molar-refractivity contribution in [3.63, 3.8) is 0 Å². The first kappa shape index (κ1) is 19.6. The van der Waals surface area contributed by atoms with E-state index in [0.29, 0.717) is 28.0 Å². The van der Waals surface area contributed by atoms with Gasteiger partial charge in [-0.1, -0.05) is 17.7 Å². The highest BCUT2D eigenvalue weighted by atomic mass is 35.5. The Labute approximate surface area is 166 Å². The van der Waals surface area contributed by atoms with E-state index in [9.17, 15) is 9.59 Å². The zero-order chi connectivity index (χ0) is 20.1. The summed E-state index contributed by atoms with van der Waals surface area (Å²) in [6.45, 7) is 0.369. The largest absolute Gasteiger partial charge is 0.480 e. The van der Waals surface area contributed by atoms with Crippen molar-refractivity contribution < 1.29 is 19.1 Å². The smallest absolute Gasteiger partial charge is 0.343 e. The number of carbonyl (C=O) groups is 2. The first-order chi connectivity index (χ1) is 13.5. The van der Waals surface area contributed by atoms with E-state index in [1.165, 1.54) is 14.2 Å². The van der Waals surface area contributed by atoms with Crippen LogP contribution in [-0.2, 0) is 22.5 Å². The molecule has 28 heavy (non-hydrogen) atoms. The van der Waals surface area contributed by atoms with Crippen molar-refractivity contribution in [3.05, 3.63) is 64.4 Å². The van der Waals surface area contributed by atoms with Gasteiger partial charge in [-0.15, -0.1) is 0 Å². The predicted octanol–water partition coefficient (Wildman–Crippen LogP) is 2.94. The Morgan fingerprint density at radius 2 is 2.04 bits per heavy atom. The minimum absolute atomic E-state index is 0.0745. The SMILES string of the molecule is COC(=O)c1cc2cc(Cl)cc(CC(=O)NCc3cccnc3)c2nc1OC. The molecule has 2 aromatic heterocycles. The highest BCUT2D eigenvalue weighted by Gasteiger charge is 2.18. The lowest BCUT2D eigenvalue weighted by Crippen LogP contribution is -2.24. The molecule has 1 N–H and O–H groups in total. The number of esters is 1. The van der Waals surface area contributed by atoms with Crippen LogP contribution in [0.3, 0.4) is 0 Å². The molecule has 0 aliphatic carbocycles. The Hall–Kier alpha value is -3.19. The third kappa shape index (κ3) is 4.37. The summed E-state index contributed by atoms with van der Waals surface area (Å²) in [4.78, 5) is 32.8. The second kappa shape index (κ2) is 8.67. The normalized spacial score (nSPS) is 10.5. The average Bonchev–Trinajstić information content (AvgIpc) is 2.71. The number of hydrogen-bond acceptors (Lipinski definition) is 6. The molecule has 0 saturated carbocycles. The van der Waals surface area contributed by atoms with Crippen molar-refractivity contribution >= 4 is 34.4 Å². The van der Waals surface area contributed by atoms with Gasteiger partial charge in [-0.05, 0) is 35.4 Å². The number of nitrogens with zero attached hydrogens (tertiary/aromatic N) is 2. The van der Waals surface area contributed by atoms with Crippen LogP contribution in [0.15, 0.2) is 42.7 Å². The number of pyridine rings is 2. The second-order valence-electron chi connectivity index (χ2n) is 5.99. The van der Waals surface area contributed by atoms with Crippen LogP contribution in [0.2, 0.25) is 5.02 Å². The van der Waals surface area contributed by atoms with E-state index < -0.39 is 5.97 Å². The Kier molecular flexibility index (Phi) is 6.06. The number of carbonyl (C=O) groups excluding carboxylic acids is 2. The highest BCUT2D eigenvalue weighted by Crippen LogP contribution is 2.28. The lowest BCUT2D eigenvalue weighted by atomic mass is 10.0. The van der Waals surface area contributed by atoms with Crippen molar-refractivity contribution in [2.24, 2.45) is 0 Å². The highest BCUT2D eigenvalue weighted by molar-refractivity contribution is 6.31. The first-order valence-electron chi connectivity index (χ1n) is 8.43. The molecule has 0 bridgehead atoms. The van der Waals surface area contributed by atoms with Gasteiger partial charge in [0.2, 0.25) is 11.8 Å². The van der Waals surface area contributed by atoms with Gasteiger partial charge in [0, 0.05) is 29.3 Å². The minimum Gasteiger partial charge on any atom is -0.480 e. The number of fused-ring (bicyclic) bond motifs is 1. The molecule has 0 aliphatic heterocycles. The topological polar surface area (TPSA) is 90.4 Å². The van der Waals surface area contributed by atoms with Gasteiger partial charge in [-0.3, -0.25) is 9.78 Å². The fraction of sp³-hybridized carbons (Fsp3) is 0.200. The van der Waals surface area contributed by atoms with E-state index in [1.54, 1.807) is 36.7 Å². The van der Waals surface area contributed by atoms with Crippen LogP contribution in [0, 0.1) is 0 Å². The quantitative estimate of drug-likeness (QED) is 0.641. The average molecular weight is 400 g/mol. The van der Waals surface area contributed by atoms with Crippen LogP contribution in [0.1, 0.15) is 21.5 Å². The van der Waals surface area contributed by atoms with Crippen LogP contribution in [-0.4, -0.2) is 36.1 Å². The number of hydrogen-bond donors (Lipinski definition) is 1. The number of nitrogens with one attached hydrogen (secondary N) is 1. The van der Waals surface area contributed by atoms with Gasteiger partial charge < -0.3 is 14.8 Å². The molecule has 0 spiro atoms. The first-order valence-corrected chi connectivity index (χ1v) is 8.80. The molecule has 1 aromatic carbocycles. The summed E-state index contributed by atoms with van der Waals surface area (Å²) in [5.41, 5.74) is 2.24. The molecule has 0 aliphatic rings. The van der Waals surface area contributed by atoms with E-state index in [4.69, 9.17) is 21.1 Å². The standard InChI is InChI=1S/C20H18ClN3O4/c1-27-19-16(20(26)28-2)8-13-6-15(21)7-14(18(13)24-19)9-17(25)23-11-12-4-3-5-22-10-12/h3-8,10H,9,11H2,1-2H3,(H,23,25). The molecule has 8 heteroatoms. The molecule has 3 aromatic rings. The molecule has 3 rings (SSSR count). The molecular formula is C20H18ClN3O4. The fourth-order valence-corrected chi connectivity index (χ4v) is 3.04. The summed E-state index contributed by atoms with van der Waals surface area (Å²) in [5, 5.41) is 3.89. The summed E-state index contributed by atoms with van der Waals surface area (Å²) < 4.78 is 9.99. The van der Waals surface area contributed by atoms with Gasteiger partial charge in [0.1, 0.15) is 5.56 Å². The van der Waals surface area contributed by atoms with Crippen molar-refractivity contribution in [2.75, 3.05) is 14.2 Å². The van der Waals surface area contributed by atoms with Crippen molar-refractivity contribution in [3.8, 4) is 5.88 Å². The number of benzene rings is 1. The molecule has 0 atom stereocenters. The minimum atomic E-state index is -0.568. The second-order valence-corrected chi connectivity index (χ2v) is 6.42. The summed E-state index contributed by atoms with van der Waals surface area (Å²) >= 11 is 6.20. The van der Waals surface area contributed by atoms with Crippen LogP contribution in [0.5, 0.6) is 5.88 Å². The van der Waals surface area contributed by atoms with Crippen LogP contribution in [0.25, 0.3) is 10.9 Å². The van der Waals surface area contributed by atoms with Crippen LogP contribution >= 0.6 is 11.6 Å². The number of amides is 1. The number of aromatic nitrogens is 2. The van der Waals surface area contributed by atoms with Gasteiger partial charge in [0.15, 0.2) is 0 Å². The molecule has 0 saturated heterocycles. The van der Waals surface area contributed by atoms with Gasteiger partial charge in [-0.2, -0.15) is 0 Å². The third-order valence-electron chi connectivity index (χ3n) is 4.09. The van der Waals surface area contributed by atoms with Crippen molar-refractivity contribution in [1.29, 1.82) is 0 Å². The number of methoxy groups -OCH3 is 2. The van der Waals surface area contributed by atoms with E-state index >= 15 is 0 Å². The van der Waals surface area contributed by atoms with Gasteiger partial charge in [0.25, 0.3) is 0 Å². The van der Waals surface area contributed by atoms with Crippen molar-refractivity contribution in [2.45, 2.75) is 13.0 Å². The molecule has 1 amide bonds. The van der Waals surface area contributed by atoms with E-state index in [2.05, 4.69) is 15.3 Å². The van der Waals surface area contributed by atoms with Crippen LogP contribution < -0.4 is 10.1 Å². The fourth-order valence-electron chi connectivity index (χ4n) is 2.79. The molecule has 144 valence electrons. The maximum atomic E-state index is 12.4. The molecule has 7 nitrogen and oxygen atoms in total. The summed E-state index contributed by atoms with van der Waals surface area (Å²) in [5.74, 6) is -0.633. The van der Waals surface area contributed by atoms with E-state index in [-0.39, 0.29) is 23.8 Å². The lowest BCUT2D eigenvalue weighted by Gasteiger charge is -2.12. The Morgan fingerprint density at radius 1 is 1.21 bits per heavy atom. The summed E-state index contributed by atoms with van der Waals surface area (Å²) in [6.07, 6.45) is 3.44. The van der Waals surface area contributed by atoms with Crippen molar-refractivity contribution in [1.82, 2.24) is 15.3 Å². The molecule has 0 unspecified atom stereocenters. The van der Waals surface area contributed by atoms with Gasteiger partial charge >= 0.3 is 5.97 Å². The van der Waals surface area contributed by atoms with E-state index in [1.807, 2.05) is 6.07 Å². The van der Waals surface area contributed by atoms with Crippen LogP contribution in [0.4, 0.5) is 0 Å². The number of ether oxygens (including phenoxy) is 2. The zero-order valence-electron chi connectivity index (χ0n) is 15.4. The zero-order valence-corrected chi connectivity index (χ0v) is 16.1. The van der Waals surface area contributed by atoms with Gasteiger partial charge in [-0.25, -0.2) is 9.78 Å². The molecule has 0 fully saturated rings. The Morgan fingerprint density at radius 3 is 2.71 bits per heavy atom. The maximum Gasteiger partial charge on any atom is 0.343 e. The maximum absolute atomic E-state index is 12.4.